The van der Waals surface area contributed by atoms with Gasteiger partial charge in [0.25, 0.3) is 0 Å². The molecule has 1 atom stereocenters. The van der Waals surface area contributed by atoms with Gasteiger partial charge in [-0.1, -0.05) is 76.1 Å². The molecule has 3 rings (SSSR count). The van der Waals surface area contributed by atoms with Crippen LogP contribution in [0.2, 0.25) is 0 Å². The van der Waals surface area contributed by atoms with Gasteiger partial charge in [-0.15, -0.1) is 0 Å². The van der Waals surface area contributed by atoms with Crippen molar-refractivity contribution >= 4 is 16.3 Å². The molecule has 0 spiro atoms. The van der Waals surface area contributed by atoms with Crippen molar-refractivity contribution in [3.8, 4) is 5.75 Å². The van der Waals surface area contributed by atoms with Crippen LogP contribution in [0.4, 0.5) is 0 Å². The second-order valence-electron chi connectivity index (χ2n) is 8.08. The quantitative estimate of drug-likeness (QED) is 0.386. The van der Waals surface area contributed by atoms with Gasteiger partial charge in [-0.3, -0.25) is 0 Å². The Labute approximate surface area is 165 Å². The lowest BCUT2D eigenvalue weighted by Gasteiger charge is -2.22. The zero-order chi connectivity index (χ0) is 18.9. The number of fused-ring (bicyclic) bond motifs is 1. The molecular formula is C26H36O. The first-order chi connectivity index (χ1) is 13.3. The number of unbranched alkanes of at least 4 members (excludes halogenated alkanes) is 5. The van der Waals surface area contributed by atoms with E-state index in [1.165, 1.54) is 80.5 Å². The van der Waals surface area contributed by atoms with Gasteiger partial charge in [-0.2, -0.15) is 0 Å². The monoisotopic (exact) mass is 364 g/mol. The lowest BCUT2D eigenvalue weighted by molar-refractivity contribution is 0.341. The van der Waals surface area contributed by atoms with Crippen LogP contribution in [0.25, 0.3) is 16.3 Å². The molecule has 0 aromatic heterocycles. The average Bonchev–Trinajstić information content (AvgIpc) is 2.71. The van der Waals surface area contributed by atoms with Crippen molar-refractivity contribution < 1.29 is 4.74 Å². The molecule has 0 amide bonds. The Morgan fingerprint density at radius 3 is 2.44 bits per heavy atom. The highest BCUT2D eigenvalue weighted by molar-refractivity contribution is 5.87. The standard InChI is InChI=1S/C26H36O/c1-3-5-6-7-8-9-10-21-11-13-22(14-12-21)23-15-16-25-20-26(27-4-2)18-17-24(25)19-23/h13,15-21H,3-12,14H2,1-2H3. The van der Waals surface area contributed by atoms with Crippen LogP contribution in [0.5, 0.6) is 5.75 Å². The molecule has 0 bridgehead atoms. The van der Waals surface area contributed by atoms with Crippen molar-refractivity contribution in [1.29, 1.82) is 0 Å². The van der Waals surface area contributed by atoms with Gasteiger partial charge in [0, 0.05) is 0 Å². The summed E-state index contributed by atoms with van der Waals surface area (Å²) >= 11 is 0. The van der Waals surface area contributed by atoms with Crippen LogP contribution in [0, 0.1) is 5.92 Å². The summed E-state index contributed by atoms with van der Waals surface area (Å²) < 4.78 is 5.62. The van der Waals surface area contributed by atoms with Gasteiger partial charge in [-0.25, -0.2) is 0 Å². The van der Waals surface area contributed by atoms with Crippen molar-refractivity contribution in [2.24, 2.45) is 5.92 Å². The van der Waals surface area contributed by atoms with E-state index in [1.54, 1.807) is 5.57 Å². The van der Waals surface area contributed by atoms with Crippen molar-refractivity contribution in [2.75, 3.05) is 6.61 Å². The molecule has 0 N–H and O–H groups in total. The van der Waals surface area contributed by atoms with Crippen LogP contribution in [0.15, 0.2) is 42.5 Å². The first-order valence-corrected chi connectivity index (χ1v) is 11.2. The molecule has 1 aliphatic carbocycles. The van der Waals surface area contributed by atoms with E-state index >= 15 is 0 Å². The average molecular weight is 365 g/mol. The van der Waals surface area contributed by atoms with Gasteiger partial charge in [0.05, 0.1) is 6.61 Å². The highest BCUT2D eigenvalue weighted by atomic mass is 16.5. The van der Waals surface area contributed by atoms with Crippen LogP contribution < -0.4 is 4.74 Å². The smallest absolute Gasteiger partial charge is 0.119 e. The zero-order valence-corrected chi connectivity index (χ0v) is 17.3. The molecule has 0 heterocycles. The second-order valence-corrected chi connectivity index (χ2v) is 8.08. The van der Waals surface area contributed by atoms with Crippen LogP contribution in [0.3, 0.4) is 0 Å². The van der Waals surface area contributed by atoms with Gasteiger partial charge in [0.1, 0.15) is 5.75 Å². The normalized spacial score (nSPS) is 17.1. The van der Waals surface area contributed by atoms with Gasteiger partial charge in [0.15, 0.2) is 0 Å². The maximum Gasteiger partial charge on any atom is 0.119 e. The Kier molecular flexibility index (Phi) is 7.80. The van der Waals surface area contributed by atoms with Crippen molar-refractivity contribution in [3.05, 3.63) is 48.0 Å². The number of rotatable bonds is 10. The van der Waals surface area contributed by atoms with E-state index in [0.717, 1.165) is 18.3 Å². The zero-order valence-electron chi connectivity index (χ0n) is 17.3. The number of hydrogen-bond donors (Lipinski definition) is 0. The van der Waals surface area contributed by atoms with Gasteiger partial charge in [-0.05, 0) is 72.2 Å². The summed E-state index contributed by atoms with van der Waals surface area (Å²) in [5, 5.41) is 2.58. The minimum absolute atomic E-state index is 0.719. The van der Waals surface area contributed by atoms with Crippen LogP contribution in [0.1, 0.15) is 83.6 Å². The molecule has 0 aliphatic heterocycles. The molecule has 0 saturated carbocycles. The summed E-state index contributed by atoms with van der Waals surface area (Å²) in [6, 6.07) is 13.3. The Bertz CT molecular complexity index is 743. The maximum atomic E-state index is 5.62. The molecular weight excluding hydrogens is 328 g/mol. The van der Waals surface area contributed by atoms with E-state index in [0.29, 0.717) is 0 Å². The van der Waals surface area contributed by atoms with E-state index < -0.39 is 0 Å². The summed E-state index contributed by atoms with van der Waals surface area (Å²) in [4.78, 5) is 0. The highest BCUT2D eigenvalue weighted by Crippen LogP contribution is 2.34. The topological polar surface area (TPSA) is 9.23 Å². The van der Waals surface area contributed by atoms with Crippen LogP contribution in [-0.4, -0.2) is 6.61 Å². The molecule has 0 radical (unpaired) electrons. The minimum atomic E-state index is 0.719. The number of benzene rings is 2. The molecule has 0 saturated heterocycles. The fourth-order valence-electron chi connectivity index (χ4n) is 4.31. The van der Waals surface area contributed by atoms with E-state index in [2.05, 4.69) is 49.4 Å². The van der Waals surface area contributed by atoms with Gasteiger partial charge >= 0.3 is 0 Å². The molecule has 1 unspecified atom stereocenters. The van der Waals surface area contributed by atoms with E-state index in [1.807, 2.05) is 6.92 Å². The Morgan fingerprint density at radius 1 is 0.889 bits per heavy atom. The fourth-order valence-corrected chi connectivity index (χ4v) is 4.31. The molecule has 2 aromatic carbocycles. The molecule has 0 fully saturated rings. The Balaban J connectivity index is 1.53. The molecule has 2 aromatic rings. The highest BCUT2D eigenvalue weighted by Gasteiger charge is 2.15. The van der Waals surface area contributed by atoms with Crippen LogP contribution >= 0.6 is 0 Å². The third kappa shape index (κ3) is 5.86. The molecule has 1 nitrogen and oxygen atoms in total. The number of ether oxygens (including phenoxy) is 1. The predicted molar refractivity (Wildman–Crippen MR) is 118 cm³/mol. The van der Waals surface area contributed by atoms with Crippen molar-refractivity contribution in [3.63, 3.8) is 0 Å². The number of hydrogen-bond acceptors (Lipinski definition) is 1. The first-order valence-electron chi connectivity index (χ1n) is 11.2. The summed E-state index contributed by atoms with van der Waals surface area (Å²) in [7, 11) is 0. The SMILES string of the molecule is CCCCCCCCC1CC=C(c2ccc3cc(OCC)ccc3c2)CC1. The maximum absolute atomic E-state index is 5.62. The molecule has 27 heavy (non-hydrogen) atoms. The van der Waals surface area contributed by atoms with Gasteiger partial charge in [0.2, 0.25) is 0 Å². The third-order valence-corrected chi connectivity index (χ3v) is 5.98. The number of allylic oxidation sites excluding steroid dienone is 2. The molecule has 1 heteroatoms. The van der Waals surface area contributed by atoms with E-state index in [4.69, 9.17) is 4.74 Å². The minimum Gasteiger partial charge on any atom is -0.494 e. The Morgan fingerprint density at radius 2 is 1.67 bits per heavy atom. The van der Waals surface area contributed by atoms with E-state index in [-0.39, 0.29) is 0 Å². The summed E-state index contributed by atoms with van der Waals surface area (Å²) in [5.74, 6) is 1.88. The Hall–Kier alpha value is -1.76. The summed E-state index contributed by atoms with van der Waals surface area (Å²) in [5.41, 5.74) is 2.95. The lowest BCUT2D eigenvalue weighted by Crippen LogP contribution is -2.05. The molecule has 1 aliphatic rings. The largest absolute Gasteiger partial charge is 0.494 e. The molecule has 146 valence electrons. The third-order valence-electron chi connectivity index (χ3n) is 5.98. The summed E-state index contributed by atoms with van der Waals surface area (Å²) in [6.45, 7) is 5.04. The summed E-state index contributed by atoms with van der Waals surface area (Å²) in [6.07, 6.45) is 16.3. The van der Waals surface area contributed by atoms with Crippen LogP contribution in [-0.2, 0) is 0 Å². The fraction of sp³-hybridized carbons (Fsp3) is 0.538. The van der Waals surface area contributed by atoms with Gasteiger partial charge < -0.3 is 4.74 Å². The predicted octanol–water partition coefficient (Wildman–Crippen LogP) is 8.17. The lowest BCUT2D eigenvalue weighted by atomic mass is 9.83. The van der Waals surface area contributed by atoms with Crippen molar-refractivity contribution in [1.82, 2.24) is 0 Å². The van der Waals surface area contributed by atoms with E-state index in [9.17, 15) is 0 Å². The first kappa shape index (κ1) is 20.0. The second kappa shape index (κ2) is 10.5. The van der Waals surface area contributed by atoms with Crippen molar-refractivity contribution in [2.45, 2.75) is 78.1 Å².